The van der Waals surface area contributed by atoms with E-state index in [1.807, 2.05) is 37.3 Å². The monoisotopic (exact) mass is 293 g/mol. The van der Waals surface area contributed by atoms with Crippen LogP contribution in [0.2, 0.25) is 0 Å². The summed E-state index contributed by atoms with van der Waals surface area (Å²) in [4.78, 5) is 11.8. The molecule has 0 spiro atoms. The summed E-state index contributed by atoms with van der Waals surface area (Å²) in [6, 6.07) is 9.67. The van der Waals surface area contributed by atoms with Crippen molar-refractivity contribution in [2.45, 2.75) is 13.3 Å². The minimum absolute atomic E-state index is 0.0504. The van der Waals surface area contributed by atoms with Gasteiger partial charge in [-0.1, -0.05) is 30.3 Å². The van der Waals surface area contributed by atoms with Gasteiger partial charge in [-0.15, -0.1) is 0 Å². The molecule has 1 saturated heterocycles. The van der Waals surface area contributed by atoms with Crippen molar-refractivity contribution in [3.63, 3.8) is 0 Å². The van der Waals surface area contributed by atoms with E-state index in [2.05, 4.69) is 5.32 Å². The van der Waals surface area contributed by atoms with E-state index in [1.165, 1.54) is 0 Å². The Morgan fingerprint density at radius 1 is 1.35 bits per heavy atom. The molecule has 0 aromatic heterocycles. The molecule has 1 fully saturated rings. The molecular formula is C15H19NO3S. The fourth-order valence-corrected chi connectivity index (χ4v) is 4.17. The predicted octanol–water partition coefficient (Wildman–Crippen LogP) is 1.64. The van der Waals surface area contributed by atoms with Gasteiger partial charge in [0.05, 0.1) is 11.5 Å². The molecular weight excluding hydrogens is 274 g/mol. The van der Waals surface area contributed by atoms with Crippen molar-refractivity contribution in [2.75, 3.05) is 18.1 Å². The second-order valence-corrected chi connectivity index (χ2v) is 7.44. The number of rotatable bonds is 4. The highest BCUT2D eigenvalue weighted by Gasteiger charge is 2.27. The molecule has 0 unspecified atom stereocenters. The second-order valence-electron chi connectivity index (χ2n) is 5.21. The molecule has 108 valence electrons. The molecule has 0 bridgehead atoms. The van der Waals surface area contributed by atoms with Gasteiger partial charge in [0.15, 0.2) is 9.84 Å². The van der Waals surface area contributed by atoms with Gasteiger partial charge in [-0.3, -0.25) is 4.79 Å². The molecule has 4 nitrogen and oxygen atoms in total. The van der Waals surface area contributed by atoms with Crippen LogP contribution in [0.25, 0.3) is 5.57 Å². The van der Waals surface area contributed by atoms with Gasteiger partial charge >= 0.3 is 0 Å². The maximum absolute atomic E-state index is 11.8. The summed E-state index contributed by atoms with van der Waals surface area (Å²) in [5.74, 6) is 0.311. The lowest BCUT2D eigenvalue weighted by Gasteiger charge is -2.08. The highest BCUT2D eigenvalue weighted by Crippen LogP contribution is 2.17. The summed E-state index contributed by atoms with van der Waals surface area (Å²) in [6.07, 6.45) is 2.20. The Bertz CT molecular complexity index is 605. The Balaban J connectivity index is 1.87. The van der Waals surface area contributed by atoms with Crippen LogP contribution in [0.3, 0.4) is 0 Å². The van der Waals surface area contributed by atoms with E-state index >= 15 is 0 Å². The van der Waals surface area contributed by atoms with E-state index in [9.17, 15) is 13.2 Å². The maximum atomic E-state index is 11.8. The molecule has 1 N–H and O–H groups in total. The van der Waals surface area contributed by atoms with Gasteiger partial charge in [-0.05, 0) is 30.4 Å². The molecule has 1 aromatic carbocycles. The number of hydrogen-bond donors (Lipinski definition) is 1. The molecule has 5 heteroatoms. The first kappa shape index (κ1) is 14.8. The second kappa shape index (κ2) is 6.22. The van der Waals surface area contributed by atoms with Crippen molar-refractivity contribution in [3.8, 4) is 0 Å². The van der Waals surface area contributed by atoms with Gasteiger partial charge in [-0.25, -0.2) is 8.42 Å². The fourth-order valence-electron chi connectivity index (χ4n) is 2.31. The molecule has 0 aliphatic carbocycles. The molecule has 1 atom stereocenters. The zero-order valence-electron chi connectivity index (χ0n) is 11.5. The number of nitrogens with one attached hydrogen (secondary N) is 1. The van der Waals surface area contributed by atoms with Crippen LogP contribution in [0.5, 0.6) is 0 Å². The first-order valence-corrected chi connectivity index (χ1v) is 8.50. The van der Waals surface area contributed by atoms with Gasteiger partial charge in [0.1, 0.15) is 0 Å². The summed E-state index contributed by atoms with van der Waals surface area (Å²) in [5, 5.41) is 2.78. The number of benzene rings is 1. The van der Waals surface area contributed by atoms with Gasteiger partial charge < -0.3 is 5.32 Å². The van der Waals surface area contributed by atoms with Crippen LogP contribution < -0.4 is 5.32 Å². The molecule has 1 aliphatic rings. The maximum Gasteiger partial charge on any atom is 0.244 e. The number of amides is 1. The molecule has 0 saturated carbocycles. The Labute approximate surface area is 119 Å². The number of sulfone groups is 1. The standard InChI is InChI=1S/C15H19NO3S/c1-12(14-5-3-2-4-6-14)9-15(17)16-10-13-7-8-20(18,19)11-13/h2-6,9,13H,7-8,10-11H2,1H3,(H,16,17)/b12-9-/t13-/m1/s1. The van der Waals surface area contributed by atoms with E-state index in [1.54, 1.807) is 6.08 Å². The SMILES string of the molecule is C/C(=C/C(=O)NC[C@H]1CCS(=O)(=O)C1)c1ccccc1. The topological polar surface area (TPSA) is 63.2 Å². The molecule has 1 heterocycles. The highest BCUT2D eigenvalue weighted by molar-refractivity contribution is 7.91. The van der Waals surface area contributed by atoms with Crippen LogP contribution in [0, 0.1) is 5.92 Å². The molecule has 2 rings (SSSR count). The van der Waals surface area contributed by atoms with E-state index in [4.69, 9.17) is 0 Å². The lowest BCUT2D eigenvalue weighted by molar-refractivity contribution is -0.116. The molecule has 0 radical (unpaired) electrons. The lowest BCUT2D eigenvalue weighted by Crippen LogP contribution is -2.28. The predicted molar refractivity (Wildman–Crippen MR) is 79.9 cm³/mol. The Morgan fingerprint density at radius 3 is 2.65 bits per heavy atom. The average molecular weight is 293 g/mol. The zero-order chi connectivity index (χ0) is 14.6. The number of carbonyl (C=O) groups excluding carboxylic acids is 1. The third-order valence-corrected chi connectivity index (χ3v) is 5.31. The van der Waals surface area contributed by atoms with Crippen LogP contribution in [-0.2, 0) is 14.6 Å². The number of carbonyl (C=O) groups is 1. The summed E-state index contributed by atoms with van der Waals surface area (Å²) in [7, 11) is -2.88. The van der Waals surface area contributed by atoms with Crippen LogP contribution in [0.1, 0.15) is 18.9 Å². The first-order valence-electron chi connectivity index (χ1n) is 6.68. The van der Waals surface area contributed by atoms with Crippen molar-refractivity contribution < 1.29 is 13.2 Å². The normalized spacial score (nSPS) is 21.6. The lowest BCUT2D eigenvalue weighted by atomic mass is 10.1. The summed E-state index contributed by atoms with van der Waals surface area (Å²) in [6.45, 7) is 2.31. The smallest absolute Gasteiger partial charge is 0.244 e. The Hall–Kier alpha value is -1.62. The average Bonchev–Trinajstić information content (AvgIpc) is 2.77. The third-order valence-electron chi connectivity index (χ3n) is 3.47. The van der Waals surface area contributed by atoms with Crippen LogP contribution >= 0.6 is 0 Å². The summed E-state index contributed by atoms with van der Waals surface area (Å²) < 4.78 is 22.6. The number of allylic oxidation sites excluding steroid dienone is 1. The Kier molecular flexibility index (Phi) is 4.60. The van der Waals surface area contributed by atoms with Gasteiger partial charge in [-0.2, -0.15) is 0 Å². The minimum Gasteiger partial charge on any atom is -0.352 e. The van der Waals surface area contributed by atoms with Gasteiger partial charge in [0.2, 0.25) is 5.91 Å². The number of hydrogen-bond acceptors (Lipinski definition) is 3. The quantitative estimate of drug-likeness (QED) is 0.858. The molecule has 1 amide bonds. The third kappa shape index (κ3) is 4.20. The van der Waals surface area contributed by atoms with Gasteiger partial charge in [0.25, 0.3) is 0 Å². The van der Waals surface area contributed by atoms with Crippen molar-refractivity contribution in [1.29, 1.82) is 0 Å². The summed E-state index contributed by atoms with van der Waals surface area (Å²) in [5.41, 5.74) is 1.90. The van der Waals surface area contributed by atoms with E-state index in [-0.39, 0.29) is 23.3 Å². The van der Waals surface area contributed by atoms with Crippen molar-refractivity contribution >= 4 is 21.3 Å². The molecule has 1 aromatic rings. The van der Waals surface area contributed by atoms with Crippen molar-refractivity contribution in [1.82, 2.24) is 5.32 Å². The van der Waals surface area contributed by atoms with Crippen molar-refractivity contribution in [3.05, 3.63) is 42.0 Å². The highest BCUT2D eigenvalue weighted by atomic mass is 32.2. The minimum atomic E-state index is -2.88. The zero-order valence-corrected chi connectivity index (χ0v) is 12.3. The molecule has 1 aliphatic heterocycles. The van der Waals surface area contributed by atoms with E-state index < -0.39 is 9.84 Å². The van der Waals surface area contributed by atoms with Crippen LogP contribution in [-0.4, -0.2) is 32.4 Å². The fraction of sp³-hybridized carbons (Fsp3) is 0.400. The van der Waals surface area contributed by atoms with Gasteiger partial charge in [0, 0.05) is 12.6 Å². The largest absolute Gasteiger partial charge is 0.352 e. The van der Waals surface area contributed by atoms with Crippen molar-refractivity contribution in [2.24, 2.45) is 5.92 Å². The van der Waals surface area contributed by atoms with E-state index in [0.717, 1.165) is 11.1 Å². The Morgan fingerprint density at radius 2 is 2.05 bits per heavy atom. The van der Waals surface area contributed by atoms with Crippen LogP contribution in [0.15, 0.2) is 36.4 Å². The first-order chi connectivity index (χ1) is 9.46. The van der Waals surface area contributed by atoms with Crippen LogP contribution in [0.4, 0.5) is 0 Å². The van der Waals surface area contributed by atoms with E-state index in [0.29, 0.717) is 13.0 Å². The molecule has 20 heavy (non-hydrogen) atoms. The summed E-state index contributed by atoms with van der Waals surface area (Å²) >= 11 is 0.